The van der Waals surface area contributed by atoms with Crippen LogP contribution in [0.15, 0.2) is 48.5 Å². The summed E-state index contributed by atoms with van der Waals surface area (Å²) in [5.74, 6) is -1.60. The fourth-order valence-corrected chi connectivity index (χ4v) is 4.14. The van der Waals surface area contributed by atoms with Gasteiger partial charge in [-0.1, -0.05) is 12.1 Å². The number of hydrogen-bond donors (Lipinski definition) is 0. The van der Waals surface area contributed by atoms with Crippen LogP contribution in [0.1, 0.15) is 36.5 Å². The first-order valence-corrected chi connectivity index (χ1v) is 10.8. The van der Waals surface area contributed by atoms with Crippen molar-refractivity contribution in [2.75, 3.05) is 24.7 Å². The number of halogens is 1. The molecule has 2 aromatic rings. The molecule has 0 radical (unpaired) electrons. The summed E-state index contributed by atoms with van der Waals surface area (Å²) in [4.78, 5) is 41.8. The lowest BCUT2D eigenvalue weighted by molar-refractivity contribution is -0.122. The maximum Gasteiger partial charge on any atom is 0.257 e. The Kier molecular flexibility index (Phi) is 6.50. The number of nitrogens with zero attached hydrogens (tertiary/aromatic N) is 2. The molecule has 0 bridgehead atoms. The highest BCUT2D eigenvalue weighted by Crippen LogP contribution is 2.29. The minimum atomic E-state index is -1.02. The number of rotatable bonds is 7. The van der Waals surface area contributed by atoms with Crippen LogP contribution in [0, 0.1) is 5.82 Å². The second-order valence-electron chi connectivity index (χ2n) is 7.79. The molecule has 2 aliphatic heterocycles. The van der Waals surface area contributed by atoms with Gasteiger partial charge in [0.1, 0.15) is 17.6 Å². The molecule has 0 N–H and O–H groups in total. The Morgan fingerprint density at radius 1 is 1.19 bits per heavy atom. The van der Waals surface area contributed by atoms with Crippen LogP contribution in [0.5, 0.6) is 5.75 Å². The maximum atomic E-state index is 14.4. The molecule has 2 heterocycles. The molecule has 0 spiro atoms. The van der Waals surface area contributed by atoms with E-state index in [-0.39, 0.29) is 24.6 Å². The summed E-state index contributed by atoms with van der Waals surface area (Å²) >= 11 is 0. The van der Waals surface area contributed by atoms with Gasteiger partial charge in [-0.3, -0.25) is 14.4 Å². The van der Waals surface area contributed by atoms with Gasteiger partial charge < -0.3 is 14.4 Å². The van der Waals surface area contributed by atoms with Crippen LogP contribution in [0.4, 0.5) is 10.1 Å². The Bertz CT molecular complexity index is 1000. The minimum Gasteiger partial charge on any atom is -0.494 e. The monoisotopic (exact) mass is 440 g/mol. The van der Waals surface area contributed by atoms with Crippen molar-refractivity contribution in [3.05, 3.63) is 59.9 Å². The van der Waals surface area contributed by atoms with Crippen LogP contribution in [0.2, 0.25) is 0 Å². The van der Waals surface area contributed by atoms with Crippen LogP contribution in [-0.2, 0) is 14.3 Å². The van der Waals surface area contributed by atoms with Crippen molar-refractivity contribution in [2.24, 2.45) is 0 Å². The molecule has 4 rings (SSSR count). The minimum absolute atomic E-state index is 0.119. The topological polar surface area (TPSA) is 76.2 Å². The zero-order valence-electron chi connectivity index (χ0n) is 17.8. The molecule has 2 atom stereocenters. The van der Waals surface area contributed by atoms with Crippen molar-refractivity contribution in [3.63, 3.8) is 0 Å². The first-order valence-electron chi connectivity index (χ1n) is 10.8. The van der Waals surface area contributed by atoms with Gasteiger partial charge in [0, 0.05) is 13.2 Å². The molecular formula is C24H25FN2O5. The number of ether oxygens (including phenoxy) is 2. The van der Waals surface area contributed by atoms with E-state index in [9.17, 15) is 18.8 Å². The lowest BCUT2D eigenvalue weighted by Gasteiger charge is -2.30. The molecular weight excluding hydrogens is 415 g/mol. The highest BCUT2D eigenvalue weighted by molar-refractivity contribution is 6.23. The molecule has 2 fully saturated rings. The van der Waals surface area contributed by atoms with Crippen LogP contribution in [0.3, 0.4) is 0 Å². The summed E-state index contributed by atoms with van der Waals surface area (Å²) in [6.45, 7) is 3.05. The number of hydrogen-bond acceptors (Lipinski definition) is 5. The number of carbonyl (C=O) groups excluding carboxylic acids is 3. The van der Waals surface area contributed by atoms with E-state index in [2.05, 4.69) is 0 Å². The zero-order valence-corrected chi connectivity index (χ0v) is 17.8. The summed E-state index contributed by atoms with van der Waals surface area (Å²) in [6.07, 6.45) is 1.16. The molecule has 8 heteroatoms. The third kappa shape index (κ3) is 4.36. The predicted molar refractivity (Wildman–Crippen MR) is 115 cm³/mol. The largest absolute Gasteiger partial charge is 0.494 e. The SMILES string of the molecule is CCOc1ccc(N2C(=O)CC(N(CC3CCCO3)C(=O)c3ccccc3F)C2=O)cc1. The lowest BCUT2D eigenvalue weighted by Crippen LogP contribution is -2.48. The van der Waals surface area contributed by atoms with Crippen LogP contribution < -0.4 is 9.64 Å². The molecule has 3 amide bonds. The van der Waals surface area contributed by atoms with Gasteiger partial charge in [0.15, 0.2) is 0 Å². The van der Waals surface area contributed by atoms with E-state index in [1.54, 1.807) is 30.3 Å². The van der Waals surface area contributed by atoms with E-state index in [1.807, 2.05) is 6.92 Å². The fourth-order valence-electron chi connectivity index (χ4n) is 4.14. The normalized spacial score (nSPS) is 20.6. The van der Waals surface area contributed by atoms with E-state index in [0.29, 0.717) is 24.7 Å². The number of benzene rings is 2. The molecule has 32 heavy (non-hydrogen) atoms. The van der Waals surface area contributed by atoms with E-state index in [4.69, 9.17) is 9.47 Å². The average Bonchev–Trinajstić information content (AvgIpc) is 3.40. The summed E-state index contributed by atoms with van der Waals surface area (Å²) in [5.41, 5.74) is 0.270. The molecule has 2 unspecified atom stereocenters. The van der Waals surface area contributed by atoms with Gasteiger partial charge in [0.05, 0.1) is 30.4 Å². The van der Waals surface area contributed by atoms with E-state index in [0.717, 1.165) is 17.7 Å². The Balaban J connectivity index is 1.62. The van der Waals surface area contributed by atoms with Gasteiger partial charge in [0.25, 0.3) is 11.8 Å². The Labute approximate surface area is 185 Å². The van der Waals surface area contributed by atoms with Crippen LogP contribution >= 0.6 is 0 Å². The van der Waals surface area contributed by atoms with Gasteiger partial charge >= 0.3 is 0 Å². The van der Waals surface area contributed by atoms with Gasteiger partial charge in [-0.25, -0.2) is 9.29 Å². The Morgan fingerprint density at radius 3 is 2.59 bits per heavy atom. The predicted octanol–water partition coefficient (Wildman–Crippen LogP) is 3.18. The van der Waals surface area contributed by atoms with Crippen molar-refractivity contribution < 1.29 is 28.2 Å². The quantitative estimate of drug-likeness (QED) is 0.618. The summed E-state index contributed by atoms with van der Waals surface area (Å²) in [7, 11) is 0. The van der Waals surface area contributed by atoms with Crippen molar-refractivity contribution in [3.8, 4) is 5.75 Å². The van der Waals surface area contributed by atoms with Gasteiger partial charge in [-0.2, -0.15) is 0 Å². The van der Waals surface area contributed by atoms with E-state index >= 15 is 0 Å². The van der Waals surface area contributed by atoms with Gasteiger partial charge in [-0.15, -0.1) is 0 Å². The van der Waals surface area contributed by atoms with Crippen LogP contribution in [0.25, 0.3) is 0 Å². The first-order chi connectivity index (χ1) is 15.5. The lowest BCUT2D eigenvalue weighted by atomic mass is 10.1. The Hall–Kier alpha value is -3.26. The van der Waals surface area contributed by atoms with E-state index < -0.39 is 29.6 Å². The van der Waals surface area contributed by atoms with Gasteiger partial charge in [-0.05, 0) is 56.2 Å². The van der Waals surface area contributed by atoms with E-state index in [1.165, 1.54) is 23.1 Å². The molecule has 2 saturated heterocycles. The number of amides is 3. The smallest absolute Gasteiger partial charge is 0.257 e. The maximum absolute atomic E-state index is 14.4. The summed E-state index contributed by atoms with van der Waals surface area (Å²) < 4.78 is 25.4. The highest BCUT2D eigenvalue weighted by Gasteiger charge is 2.45. The Morgan fingerprint density at radius 2 is 1.94 bits per heavy atom. The molecule has 2 aromatic carbocycles. The molecule has 168 valence electrons. The first kappa shape index (κ1) is 22.0. The van der Waals surface area contributed by atoms with Gasteiger partial charge in [0.2, 0.25) is 5.91 Å². The average molecular weight is 440 g/mol. The van der Waals surface area contributed by atoms with Crippen molar-refractivity contribution >= 4 is 23.4 Å². The van der Waals surface area contributed by atoms with Crippen LogP contribution in [-0.4, -0.2) is 54.5 Å². The molecule has 0 aliphatic carbocycles. The standard InChI is InChI=1S/C24H25FN2O5/c1-2-31-17-11-9-16(10-12-17)27-22(28)14-21(24(27)30)26(15-18-6-5-13-32-18)23(29)19-7-3-4-8-20(19)25/h3-4,7-12,18,21H,2,5-6,13-15H2,1H3. The summed E-state index contributed by atoms with van der Waals surface area (Å²) in [5, 5.41) is 0. The highest BCUT2D eigenvalue weighted by atomic mass is 19.1. The van der Waals surface area contributed by atoms with Crippen molar-refractivity contribution in [1.29, 1.82) is 0 Å². The number of anilines is 1. The number of imide groups is 1. The second-order valence-corrected chi connectivity index (χ2v) is 7.79. The van der Waals surface area contributed by atoms with Crippen molar-refractivity contribution in [2.45, 2.75) is 38.3 Å². The third-order valence-electron chi connectivity index (χ3n) is 5.69. The molecule has 7 nitrogen and oxygen atoms in total. The second kappa shape index (κ2) is 9.48. The number of carbonyl (C=O) groups is 3. The van der Waals surface area contributed by atoms with Crippen molar-refractivity contribution in [1.82, 2.24) is 4.90 Å². The molecule has 2 aliphatic rings. The summed E-state index contributed by atoms with van der Waals surface area (Å²) in [6, 6.07) is 11.2. The molecule has 0 aromatic heterocycles. The fraction of sp³-hybridized carbons (Fsp3) is 0.375. The zero-order chi connectivity index (χ0) is 22.7. The molecule has 0 saturated carbocycles. The third-order valence-corrected chi connectivity index (χ3v) is 5.69.